The van der Waals surface area contributed by atoms with Gasteiger partial charge in [-0.15, -0.1) is 0 Å². The maximum absolute atomic E-state index is 11.8. The summed E-state index contributed by atoms with van der Waals surface area (Å²) >= 11 is 0. The molecule has 0 spiro atoms. The first kappa shape index (κ1) is 11.2. The van der Waals surface area contributed by atoms with Gasteiger partial charge in [-0.05, 0) is 32.9 Å². The third kappa shape index (κ3) is 3.14. The molecule has 14 heavy (non-hydrogen) atoms. The van der Waals surface area contributed by atoms with Crippen LogP contribution in [0.3, 0.4) is 0 Å². The fourth-order valence-corrected chi connectivity index (χ4v) is 1.57. The maximum Gasteiger partial charge on any atom is 0.223 e. The monoisotopic (exact) mass is 196 g/mol. The van der Waals surface area contributed by atoms with Gasteiger partial charge in [0.2, 0.25) is 5.91 Å². The fraction of sp³-hybridized carbons (Fsp3) is 0.727. The lowest BCUT2D eigenvalue weighted by molar-refractivity contribution is -0.132. The van der Waals surface area contributed by atoms with Crippen molar-refractivity contribution in [2.24, 2.45) is 5.92 Å². The number of hydrogen-bond acceptors (Lipinski definition) is 2. The highest BCUT2D eigenvalue weighted by molar-refractivity contribution is 5.76. The zero-order valence-corrected chi connectivity index (χ0v) is 9.18. The minimum Gasteiger partial charge on any atom is -0.339 e. The molecule has 1 aliphatic rings. The molecule has 0 aromatic rings. The molecule has 0 aromatic heterocycles. The van der Waals surface area contributed by atoms with E-state index >= 15 is 0 Å². The van der Waals surface area contributed by atoms with Crippen LogP contribution in [0.15, 0.2) is 12.2 Å². The second-order valence-corrected chi connectivity index (χ2v) is 4.09. The molecule has 1 N–H and O–H groups in total. The van der Waals surface area contributed by atoms with E-state index in [2.05, 4.69) is 11.9 Å². The Hall–Kier alpha value is -0.830. The average molecular weight is 196 g/mol. The standard InChI is InChI=1S/C11H20N2O/c1-4-13(8-9(2)3)11(14)5-10-6-12-7-10/h10,12H,2,4-8H2,1,3H3. The van der Waals surface area contributed by atoms with Crippen LogP contribution in [-0.4, -0.2) is 37.0 Å². The molecule has 0 saturated carbocycles. The average Bonchev–Trinajstić information content (AvgIpc) is 2.06. The molecule has 3 nitrogen and oxygen atoms in total. The number of carbonyl (C=O) groups excluding carboxylic acids is 1. The first-order chi connectivity index (χ1) is 6.63. The Morgan fingerprint density at radius 3 is 2.57 bits per heavy atom. The van der Waals surface area contributed by atoms with Crippen LogP contribution in [0.2, 0.25) is 0 Å². The van der Waals surface area contributed by atoms with Crippen LogP contribution in [0.1, 0.15) is 20.3 Å². The van der Waals surface area contributed by atoms with Gasteiger partial charge < -0.3 is 10.2 Å². The largest absolute Gasteiger partial charge is 0.339 e. The van der Waals surface area contributed by atoms with Crippen LogP contribution >= 0.6 is 0 Å². The van der Waals surface area contributed by atoms with E-state index in [1.165, 1.54) is 0 Å². The molecular weight excluding hydrogens is 176 g/mol. The lowest BCUT2D eigenvalue weighted by Crippen LogP contribution is -2.45. The second kappa shape index (κ2) is 5.15. The number of likely N-dealkylation sites (N-methyl/N-ethyl adjacent to an activating group) is 1. The van der Waals surface area contributed by atoms with E-state index in [0.717, 1.165) is 25.2 Å². The summed E-state index contributed by atoms with van der Waals surface area (Å²) in [6.45, 7) is 11.3. The Morgan fingerprint density at radius 2 is 2.21 bits per heavy atom. The third-order valence-corrected chi connectivity index (χ3v) is 2.52. The van der Waals surface area contributed by atoms with Crippen molar-refractivity contribution in [1.29, 1.82) is 0 Å². The van der Waals surface area contributed by atoms with Crippen LogP contribution in [-0.2, 0) is 4.79 Å². The van der Waals surface area contributed by atoms with Crippen molar-refractivity contribution in [3.05, 3.63) is 12.2 Å². The zero-order valence-electron chi connectivity index (χ0n) is 9.18. The third-order valence-electron chi connectivity index (χ3n) is 2.52. The molecule has 80 valence electrons. The van der Waals surface area contributed by atoms with Crippen molar-refractivity contribution in [2.75, 3.05) is 26.2 Å². The Morgan fingerprint density at radius 1 is 1.57 bits per heavy atom. The molecule has 1 fully saturated rings. The van der Waals surface area contributed by atoms with Crippen molar-refractivity contribution in [3.8, 4) is 0 Å². The van der Waals surface area contributed by atoms with Gasteiger partial charge in [-0.3, -0.25) is 4.79 Å². The van der Waals surface area contributed by atoms with Gasteiger partial charge >= 0.3 is 0 Å². The summed E-state index contributed by atoms with van der Waals surface area (Å²) < 4.78 is 0. The molecule has 1 amide bonds. The SMILES string of the molecule is C=C(C)CN(CC)C(=O)CC1CNC1. The molecule has 0 atom stereocenters. The molecule has 0 aliphatic carbocycles. The molecule has 0 unspecified atom stereocenters. The Balaban J connectivity index is 2.34. The normalized spacial score (nSPS) is 16.1. The summed E-state index contributed by atoms with van der Waals surface area (Å²) in [7, 11) is 0. The van der Waals surface area contributed by atoms with Crippen molar-refractivity contribution in [1.82, 2.24) is 10.2 Å². The molecule has 1 saturated heterocycles. The van der Waals surface area contributed by atoms with E-state index in [9.17, 15) is 4.79 Å². The topological polar surface area (TPSA) is 32.3 Å². The predicted molar refractivity (Wildman–Crippen MR) is 58.0 cm³/mol. The highest BCUT2D eigenvalue weighted by Gasteiger charge is 2.22. The lowest BCUT2D eigenvalue weighted by atomic mass is 9.98. The highest BCUT2D eigenvalue weighted by atomic mass is 16.2. The van der Waals surface area contributed by atoms with Crippen LogP contribution < -0.4 is 5.32 Å². The van der Waals surface area contributed by atoms with E-state index < -0.39 is 0 Å². The molecule has 1 heterocycles. The van der Waals surface area contributed by atoms with Crippen LogP contribution in [0.4, 0.5) is 0 Å². The first-order valence-corrected chi connectivity index (χ1v) is 5.26. The van der Waals surface area contributed by atoms with Crippen molar-refractivity contribution in [3.63, 3.8) is 0 Å². The van der Waals surface area contributed by atoms with Crippen LogP contribution in [0, 0.1) is 5.92 Å². The minimum atomic E-state index is 0.266. The van der Waals surface area contributed by atoms with Gasteiger partial charge in [0.05, 0.1) is 0 Å². The molecule has 0 bridgehead atoms. The molecule has 1 aliphatic heterocycles. The molecular formula is C11H20N2O. The van der Waals surface area contributed by atoms with E-state index in [1.54, 1.807) is 0 Å². The van der Waals surface area contributed by atoms with Gasteiger partial charge in [0, 0.05) is 19.5 Å². The number of amides is 1. The highest BCUT2D eigenvalue weighted by Crippen LogP contribution is 2.11. The summed E-state index contributed by atoms with van der Waals surface area (Å²) in [5.41, 5.74) is 1.05. The number of nitrogens with zero attached hydrogens (tertiary/aromatic N) is 1. The van der Waals surface area contributed by atoms with Crippen molar-refractivity contribution >= 4 is 5.91 Å². The Labute approximate surface area is 86.2 Å². The summed E-state index contributed by atoms with van der Waals surface area (Å²) in [5.74, 6) is 0.823. The van der Waals surface area contributed by atoms with Crippen LogP contribution in [0.25, 0.3) is 0 Å². The van der Waals surface area contributed by atoms with Gasteiger partial charge in [0.1, 0.15) is 0 Å². The van der Waals surface area contributed by atoms with E-state index in [4.69, 9.17) is 0 Å². The van der Waals surface area contributed by atoms with Gasteiger partial charge in [-0.1, -0.05) is 12.2 Å². The Kier molecular flexibility index (Phi) is 4.14. The molecule has 0 aromatic carbocycles. The predicted octanol–water partition coefficient (Wildman–Crippen LogP) is 1.02. The maximum atomic E-state index is 11.8. The Bertz CT molecular complexity index is 221. The molecule has 0 radical (unpaired) electrons. The second-order valence-electron chi connectivity index (χ2n) is 4.09. The van der Waals surface area contributed by atoms with Gasteiger partial charge in [-0.2, -0.15) is 0 Å². The summed E-state index contributed by atoms with van der Waals surface area (Å²) in [5, 5.41) is 3.18. The number of rotatable bonds is 5. The molecule has 1 rings (SSSR count). The van der Waals surface area contributed by atoms with Crippen molar-refractivity contribution < 1.29 is 4.79 Å². The zero-order chi connectivity index (χ0) is 10.6. The van der Waals surface area contributed by atoms with E-state index in [1.807, 2.05) is 18.7 Å². The first-order valence-electron chi connectivity index (χ1n) is 5.26. The smallest absolute Gasteiger partial charge is 0.223 e. The number of nitrogens with one attached hydrogen (secondary N) is 1. The van der Waals surface area contributed by atoms with Gasteiger partial charge in [-0.25, -0.2) is 0 Å². The summed E-state index contributed by atoms with van der Waals surface area (Å²) in [6.07, 6.45) is 0.689. The van der Waals surface area contributed by atoms with Crippen LogP contribution in [0.5, 0.6) is 0 Å². The summed E-state index contributed by atoms with van der Waals surface area (Å²) in [6, 6.07) is 0. The van der Waals surface area contributed by atoms with E-state index in [-0.39, 0.29) is 5.91 Å². The number of carbonyl (C=O) groups is 1. The number of hydrogen-bond donors (Lipinski definition) is 1. The lowest BCUT2D eigenvalue weighted by Gasteiger charge is -2.29. The van der Waals surface area contributed by atoms with Gasteiger partial charge in [0.15, 0.2) is 0 Å². The summed E-state index contributed by atoms with van der Waals surface area (Å²) in [4.78, 5) is 13.6. The quantitative estimate of drug-likeness (QED) is 0.666. The van der Waals surface area contributed by atoms with Gasteiger partial charge in [0.25, 0.3) is 0 Å². The minimum absolute atomic E-state index is 0.266. The molecule has 3 heteroatoms. The fourth-order valence-electron chi connectivity index (χ4n) is 1.57. The van der Waals surface area contributed by atoms with E-state index in [0.29, 0.717) is 18.9 Å². The van der Waals surface area contributed by atoms with Crippen molar-refractivity contribution in [2.45, 2.75) is 20.3 Å².